The summed E-state index contributed by atoms with van der Waals surface area (Å²) in [5, 5.41) is 2.89. The van der Waals surface area contributed by atoms with Gasteiger partial charge in [0.1, 0.15) is 0 Å². The lowest BCUT2D eigenvalue weighted by Crippen LogP contribution is -2.43. The Kier molecular flexibility index (Phi) is 5.44. The quantitative estimate of drug-likeness (QED) is 0.878. The van der Waals surface area contributed by atoms with Gasteiger partial charge in [0.05, 0.1) is 4.90 Å². The first-order valence-corrected chi connectivity index (χ1v) is 10.3. The minimum Gasteiger partial charge on any atom is -0.350 e. The standard InChI is InChI=1S/C20H24N2O3S/c1-15-8-10-19(11-9-15)26(24,25)22-12-4-7-18(22)14-21-20(23)17-6-3-5-16(2)13-17/h3,5-6,8-11,13,18H,4,7,12,14H2,1-2H3,(H,21,23). The molecule has 1 N–H and O–H groups in total. The summed E-state index contributed by atoms with van der Waals surface area (Å²) in [5.74, 6) is -0.173. The van der Waals surface area contributed by atoms with E-state index < -0.39 is 10.0 Å². The van der Waals surface area contributed by atoms with Crippen molar-refractivity contribution in [1.29, 1.82) is 0 Å². The maximum Gasteiger partial charge on any atom is 0.251 e. The Labute approximate surface area is 155 Å². The SMILES string of the molecule is Cc1ccc(S(=O)(=O)N2CCCC2CNC(=O)c2cccc(C)c2)cc1. The Morgan fingerprint density at radius 1 is 1.12 bits per heavy atom. The number of hydrogen-bond acceptors (Lipinski definition) is 3. The molecule has 3 rings (SSSR count). The van der Waals surface area contributed by atoms with E-state index in [1.54, 1.807) is 30.3 Å². The summed E-state index contributed by atoms with van der Waals surface area (Å²) in [6, 6.07) is 14.0. The van der Waals surface area contributed by atoms with E-state index in [-0.39, 0.29) is 11.9 Å². The molecule has 2 aromatic rings. The van der Waals surface area contributed by atoms with Gasteiger partial charge in [-0.05, 0) is 51.0 Å². The zero-order chi connectivity index (χ0) is 18.7. The molecule has 26 heavy (non-hydrogen) atoms. The fraction of sp³-hybridized carbons (Fsp3) is 0.350. The van der Waals surface area contributed by atoms with Crippen LogP contribution in [-0.2, 0) is 10.0 Å². The molecule has 1 unspecified atom stereocenters. The van der Waals surface area contributed by atoms with Crippen molar-refractivity contribution in [2.75, 3.05) is 13.1 Å². The molecule has 2 aromatic carbocycles. The van der Waals surface area contributed by atoms with Crippen LogP contribution in [0.5, 0.6) is 0 Å². The van der Waals surface area contributed by atoms with E-state index in [1.165, 1.54) is 4.31 Å². The Morgan fingerprint density at radius 3 is 2.54 bits per heavy atom. The van der Waals surface area contributed by atoms with Gasteiger partial charge >= 0.3 is 0 Å². The fourth-order valence-electron chi connectivity index (χ4n) is 3.27. The Balaban J connectivity index is 1.70. The summed E-state index contributed by atoms with van der Waals surface area (Å²) in [6.45, 7) is 4.67. The van der Waals surface area contributed by atoms with Crippen molar-refractivity contribution < 1.29 is 13.2 Å². The third kappa shape index (κ3) is 3.97. The van der Waals surface area contributed by atoms with Gasteiger partial charge < -0.3 is 5.32 Å². The van der Waals surface area contributed by atoms with Gasteiger partial charge in [0, 0.05) is 24.7 Å². The highest BCUT2D eigenvalue weighted by atomic mass is 32.2. The van der Waals surface area contributed by atoms with Crippen LogP contribution < -0.4 is 5.32 Å². The van der Waals surface area contributed by atoms with Crippen molar-refractivity contribution in [2.45, 2.75) is 37.6 Å². The highest BCUT2D eigenvalue weighted by Crippen LogP contribution is 2.26. The van der Waals surface area contributed by atoms with Crippen LogP contribution in [0, 0.1) is 13.8 Å². The van der Waals surface area contributed by atoms with E-state index >= 15 is 0 Å². The van der Waals surface area contributed by atoms with E-state index in [9.17, 15) is 13.2 Å². The molecular weight excluding hydrogens is 348 g/mol. The highest BCUT2D eigenvalue weighted by molar-refractivity contribution is 7.89. The maximum atomic E-state index is 12.9. The largest absolute Gasteiger partial charge is 0.350 e. The number of nitrogens with one attached hydrogen (secondary N) is 1. The molecule has 1 amide bonds. The summed E-state index contributed by atoms with van der Waals surface area (Å²) >= 11 is 0. The number of carbonyl (C=O) groups excluding carboxylic acids is 1. The van der Waals surface area contributed by atoms with Gasteiger partial charge in [-0.1, -0.05) is 35.4 Å². The number of aryl methyl sites for hydroxylation is 2. The second-order valence-corrected chi connectivity index (χ2v) is 8.69. The number of hydrogen-bond donors (Lipinski definition) is 1. The summed E-state index contributed by atoms with van der Waals surface area (Å²) in [7, 11) is -3.54. The molecule has 6 heteroatoms. The second-order valence-electron chi connectivity index (χ2n) is 6.80. The zero-order valence-electron chi connectivity index (χ0n) is 15.1. The topological polar surface area (TPSA) is 66.5 Å². The predicted octanol–water partition coefficient (Wildman–Crippen LogP) is 2.89. The minimum absolute atomic E-state index is 0.173. The van der Waals surface area contributed by atoms with Gasteiger partial charge in [0.15, 0.2) is 0 Å². The third-order valence-corrected chi connectivity index (χ3v) is 6.70. The molecule has 1 heterocycles. The molecule has 0 aliphatic carbocycles. The monoisotopic (exact) mass is 372 g/mol. The lowest BCUT2D eigenvalue weighted by Gasteiger charge is -2.24. The number of benzene rings is 2. The van der Waals surface area contributed by atoms with Crippen LogP contribution in [0.4, 0.5) is 0 Å². The summed E-state index contributed by atoms with van der Waals surface area (Å²) in [6.07, 6.45) is 1.55. The molecule has 1 aliphatic rings. The van der Waals surface area contributed by atoms with E-state index in [1.807, 2.05) is 32.0 Å². The molecule has 0 spiro atoms. The molecule has 0 radical (unpaired) electrons. The van der Waals surface area contributed by atoms with Crippen LogP contribution in [0.25, 0.3) is 0 Å². The van der Waals surface area contributed by atoms with Crippen molar-refractivity contribution in [2.24, 2.45) is 0 Å². The van der Waals surface area contributed by atoms with Crippen molar-refractivity contribution in [3.63, 3.8) is 0 Å². The summed E-state index contributed by atoms with van der Waals surface area (Å²) in [5.41, 5.74) is 2.63. The highest BCUT2D eigenvalue weighted by Gasteiger charge is 2.35. The molecule has 1 saturated heterocycles. The van der Waals surface area contributed by atoms with Crippen LogP contribution in [0.15, 0.2) is 53.4 Å². The van der Waals surface area contributed by atoms with Crippen LogP contribution >= 0.6 is 0 Å². The molecular formula is C20H24N2O3S. The zero-order valence-corrected chi connectivity index (χ0v) is 15.9. The molecule has 1 aliphatic heterocycles. The van der Waals surface area contributed by atoms with Crippen molar-refractivity contribution in [3.05, 3.63) is 65.2 Å². The number of nitrogens with zero attached hydrogens (tertiary/aromatic N) is 1. The van der Waals surface area contributed by atoms with Crippen molar-refractivity contribution in [1.82, 2.24) is 9.62 Å². The first kappa shape index (κ1) is 18.6. The van der Waals surface area contributed by atoms with Crippen LogP contribution in [-0.4, -0.2) is 37.8 Å². The Bertz CT molecular complexity index is 892. The smallest absolute Gasteiger partial charge is 0.251 e. The van der Waals surface area contributed by atoms with Gasteiger partial charge in [-0.15, -0.1) is 0 Å². The molecule has 1 atom stereocenters. The molecule has 5 nitrogen and oxygen atoms in total. The van der Waals surface area contributed by atoms with Gasteiger partial charge in [0.2, 0.25) is 10.0 Å². The molecule has 1 fully saturated rings. The van der Waals surface area contributed by atoms with Gasteiger partial charge in [-0.2, -0.15) is 4.31 Å². The fourth-order valence-corrected chi connectivity index (χ4v) is 4.97. The third-order valence-electron chi connectivity index (χ3n) is 4.73. The van der Waals surface area contributed by atoms with E-state index in [0.29, 0.717) is 23.5 Å². The lowest BCUT2D eigenvalue weighted by atomic mass is 10.1. The second kappa shape index (κ2) is 7.60. The molecule has 0 aromatic heterocycles. The van der Waals surface area contributed by atoms with E-state index in [4.69, 9.17) is 0 Å². The minimum atomic E-state index is -3.54. The van der Waals surface area contributed by atoms with Crippen LogP contribution in [0.2, 0.25) is 0 Å². The molecule has 0 bridgehead atoms. The maximum absolute atomic E-state index is 12.9. The number of sulfonamides is 1. The molecule has 0 saturated carbocycles. The Morgan fingerprint density at radius 2 is 1.85 bits per heavy atom. The summed E-state index contributed by atoms with van der Waals surface area (Å²) < 4.78 is 27.4. The van der Waals surface area contributed by atoms with Crippen LogP contribution in [0.3, 0.4) is 0 Å². The number of rotatable bonds is 5. The summed E-state index contributed by atoms with van der Waals surface area (Å²) in [4.78, 5) is 12.6. The van der Waals surface area contributed by atoms with Gasteiger partial charge in [-0.25, -0.2) is 8.42 Å². The molecule has 138 valence electrons. The van der Waals surface area contributed by atoms with Gasteiger partial charge in [0.25, 0.3) is 5.91 Å². The first-order valence-electron chi connectivity index (χ1n) is 8.81. The normalized spacial score (nSPS) is 18.0. The average molecular weight is 372 g/mol. The van der Waals surface area contributed by atoms with E-state index in [0.717, 1.165) is 24.0 Å². The lowest BCUT2D eigenvalue weighted by molar-refractivity contribution is 0.0946. The predicted molar refractivity (Wildman–Crippen MR) is 102 cm³/mol. The Hall–Kier alpha value is -2.18. The number of carbonyl (C=O) groups is 1. The van der Waals surface area contributed by atoms with E-state index in [2.05, 4.69) is 5.32 Å². The van der Waals surface area contributed by atoms with Crippen molar-refractivity contribution in [3.8, 4) is 0 Å². The number of amides is 1. The first-order chi connectivity index (χ1) is 12.4. The van der Waals surface area contributed by atoms with Gasteiger partial charge in [-0.3, -0.25) is 4.79 Å². The van der Waals surface area contributed by atoms with Crippen molar-refractivity contribution >= 4 is 15.9 Å². The van der Waals surface area contributed by atoms with Crippen LogP contribution in [0.1, 0.15) is 34.3 Å². The average Bonchev–Trinajstić information content (AvgIpc) is 3.09.